The molecule has 0 amide bonds. The van der Waals surface area contributed by atoms with Crippen LogP contribution in [0.15, 0.2) is 30.3 Å². The molecule has 7 nitrogen and oxygen atoms in total. The molecule has 1 fully saturated rings. The number of hydrogen-bond acceptors (Lipinski definition) is 7. The number of morpholine rings is 1. The minimum absolute atomic E-state index is 0.334. The van der Waals surface area contributed by atoms with Gasteiger partial charge in [-0.25, -0.2) is 9.78 Å². The van der Waals surface area contributed by atoms with Gasteiger partial charge in [0, 0.05) is 24.8 Å². The number of aryl methyl sites for hydroxylation is 1. The fraction of sp³-hybridized carbons (Fsp3) is 0.389. The molecule has 1 aliphatic heterocycles. The average Bonchev–Trinajstić information content (AvgIpc) is 2.62. The van der Waals surface area contributed by atoms with Gasteiger partial charge in [0.1, 0.15) is 5.82 Å². The number of nitrogens with one attached hydrogen (secondary N) is 1. The second-order valence-electron chi connectivity index (χ2n) is 5.69. The van der Waals surface area contributed by atoms with Gasteiger partial charge in [0.25, 0.3) is 0 Å². The van der Waals surface area contributed by atoms with E-state index in [2.05, 4.69) is 20.2 Å². The predicted molar refractivity (Wildman–Crippen MR) is 95.5 cm³/mol. The summed E-state index contributed by atoms with van der Waals surface area (Å²) in [6, 6.07) is 9.09. The van der Waals surface area contributed by atoms with Crippen molar-refractivity contribution in [1.29, 1.82) is 0 Å². The Balaban J connectivity index is 1.86. The number of carbonyl (C=O) groups excluding carboxylic acids is 1. The quantitative estimate of drug-likeness (QED) is 0.837. The summed E-state index contributed by atoms with van der Waals surface area (Å²) in [5.74, 6) is 0.954. The Labute approximate surface area is 147 Å². The van der Waals surface area contributed by atoms with Gasteiger partial charge in [0.05, 0.1) is 31.1 Å². The lowest BCUT2D eigenvalue weighted by atomic mass is 10.2. The first kappa shape index (κ1) is 17.2. The maximum Gasteiger partial charge on any atom is 0.340 e. The molecule has 0 aliphatic carbocycles. The number of hydrogen-bond donors (Lipinski definition) is 1. The van der Waals surface area contributed by atoms with Crippen molar-refractivity contribution in [2.45, 2.75) is 13.8 Å². The third-order valence-corrected chi connectivity index (χ3v) is 3.82. The Hall–Kier alpha value is -2.67. The van der Waals surface area contributed by atoms with E-state index in [9.17, 15) is 4.79 Å². The van der Waals surface area contributed by atoms with Crippen LogP contribution in [0.5, 0.6) is 0 Å². The van der Waals surface area contributed by atoms with E-state index in [1.807, 2.05) is 31.2 Å². The van der Waals surface area contributed by atoms with Gasteiger partial charge in [-0.2, -0.15) is 4.98 Å². The number of esters is 1. The molecular formula is C18H22N4O3. The zero-order valence-electron chi connectivity index (χ0n) is 14.5. The number of rotatable bonds is 5. The molecule has 1 N–H and O–H groups in total. The van der Waals surface area contributed by atoms with Crippen LogP contribution < -0.4 is 10.2 Å². The number of nitrogens with zero attached hydrogens (tertiary/aromatic N) is 3. The fourth-order valence-electron chi connectivity index (χ4n) is 2.64. The Morgan fingerprint density at radius 1 is 1.28 bits per heavy atom. The largest absolute Gasteiger partial charge is 0.462 e. The van der Waals surface area contributed by atoms with E-state index >= 15 is 0 Å². The van der Waals surface area contributed by atoms with Crippen molar-refractivity contribution in [3.05, 3.63) is 41.6 Å². The lowest BCUT2D eigenvalue weighted by Crippen LogP contribution is -2.37. The average molecular weight is 342 g/mol. The molecule has 2 aromatic rings. The Kier molecular flexibility index (Phi) is 5.45. The van der Waals surface area contributed by atoms with Crippen molar-refractivity contribution in [1.82, 2.24) is 9.97 Å². The molecule has 2 heterocycles. The number of para-hydroxylation sites is 1. The van der Waals surface area contributed by atoms with E-state index < -0.39 is 0 Å². The second-order valence-corrected chi connectivity index (χ2v) is 5.69. The van der Waals surface area contributed by atoms with Gasteiger partial charge in [-0.1, -0.05) is 12.1 Å². The third kappa shape index (κ3) is 4.24. The lowest BCUT2D eigenvalue weighted by Gasteiger charge is -2.27. The molecule has 0 spiro atoms. The fourth-order valence-corrected chi connectivity index (χ4v) is 2.64. The molecule has 7 heteroatoms. The van der Waals surface area contributed by atoms with Gasteiger partial charge in [-0.3, -0.25) is 0 Å². The normalized spacial score (nSPS) is 14.2. The number of anilines is 3. The molecule has 1 aliphatic rings. The van der Waals surface area contributed by atoms with Crippen molar-refractivity contribution in [3.63, 3.8) is 0 Å². The SMILES string of the molecule is CCOC(=O)c1ccccc1Nc1cc(C)nc(N2CCOCC2)n1. The Morgan fingerprint density at radius 3 is 2.80 bits per heavy atom. The Bertz CT molecular complexity index is 745. The summed E-state index contributed by atoms with van der Waals surface area (Å²) in [7, 11) is 0. The summed E-state index contributed by atoms with van der Waals surface area (Å²) < 4.78 is 10.5. The van der Waals surface area contributed by atoms with Crippen LogP contribution >= 0.6 is 0 Å². The van der Waals surface area contributed by atoms with Crippen LogP contribution in [0.1, 0.15) is 23.0 Å². The van der Waals surface area contributed by atoms with Crippen molar-refractivity contribution in [3.8, 4) is 0 Å². The molecule has 0 saturated carbocycles. The highest BCUT2D eigenvalue weighted by Crippen LogP contribution is 2.23. The lowest BCUT2D eigenvalue weighted by molar-refractivity contribution is 0.0527. The van der Waals surface area contributed by atoms with E-state index in [1.54, 1.807) is 13.0 Å². The highest BCUT2D eigenvalue weighted by molar-refractivity contribution is 5.96. The van der Waals surface area contributed by atoms with Crippen LogP contribution in [0.2, 0.25) is 0 Å². The summed E-state index contributed by atoms with van der Waals surface area (Å²) in [5, 5.41) is 3.22. The maximum atomic E-state index is 12.1. The minimum atomic E-state index is -0.357. The summed E-state index contributed by atoms with van der Waals surface area (Å²) in [6.07, 6.45) is 0. The van der Waals surface area contributed by atoms with Crippen LogP contribution in [0, 0.1) is 6.92 Å². The van der Waals surface area contributed by atoms with Crippen molar-refractivity contribution < 1.29 is 14.3 Å². The predicted octanol–water partition coefficient (Wildman–Crippen LogP) is 2.54. The van der Waals surface area contributed by atoms with Gasteiger partial charge in [-0.15, -0.1) is 0 Å². The van der Waals surface area contributed by atoms with Crippen molar-refractivity contribution in [2.24, 2.45) is 0 Å². The first-order valence-corrected chi connectivity index (χ1v) is 8.39. The molecular weight excluding hydrogens is 320 g/mol. The summed E-state index contributed by atoms with van der Waals surface area (Å²) in [6.45, 7) is 6.92. The molecule has 3 rings (SSSR count). The van der Waals surface area contributed by atoms with Crippen molar-refractivity contribution in [2.75, 3.05) is 43.1 Å². The Morgan fingerprint density at radius 2 is 2.04 bits per heavy atom. The van der Waals surface area contributed by atoms with Gasteiger partial charge in [0.15, 0.2) is 0 Å². The molecule has 1 aromatic carbocycles. The van der Waals surface area contributed by atoms with Gasteiger partial charge in [0.2, 0.25) is 5.95 Å². The van der Waals surface area contributed by atoms with Crippen LogP contribution in [0.3, 0.4) is 0 Å². The van der Waals surface area contributed by atoms with E-state index in [0.717, 1.165) is 18.8 Å². The van der Waals surface area contributed by atoms with Crippen LogP contribution in [0.4, 0.5) is 17.5 Å². The van der Waals surface area contributed by atoms with Gasteiger partial charge >= 0.3 is 5.97 Å². The molecule has 25 heavy (non-hydrogen) atoms. The monoisotopic (exact) mass is 342 g/mol. The third-order valence-electron chi connectivity index (χ3n) is 3.82. The maximum absolute atomic E-state index is 12.1. The standard InChI is InChI=1S/C18H22N4O3/c1-3-25-17(23)14-6-4-5-7-15(14)20-16-12-13(2)19-18(21-16)22-8-10-24-11-9-22/h4-7,12H,3,8-11H2,1-2H3,(H,19,20,21). The summed E-state index contributed by atoms with van der Waals surface area (Å²) in [4.78, 5) is 23.3. The minimum Gasteiger partial charge on any atom is -0.462 e. The molecule has 0 atom stereocenters. The molecule has 1 saturated heterocycles. The number of benzene rings is 1. The molecule has 1 aromatic heterocycles. The summed E-state index contributed by atoms with van der Waals surface area (Å²) in [5.41, 5.74) is 1.99. The molecule has 0 radical (unpaired) electrons. The topological polar surface area (TPSA) is 76.6 Å². The molecule has 0 bridgehead atoms. The number of carbonyl (C=O) groups is 1. The van der Waals surface area contributed by atoms with Crippen LogP contribution in [-0.2, 0) is 9.47 Å². The van der Waals surface area contributed by atoms with Crippen LogP contribution in [-0.4, -0.2) is 48.8 Å². The van der Waals surface area contributed by atoms with Crippen molar-refractivity contribution >= 4 is 23.4 Å². The smallest absolute Gasteiger partial charge is 0.340 e. The van der Waals surface area contributed by atoms with E-state index in [0.29, 0.717) is 42.8 Å². The number of ether oxygens (including phenoxy) is 2. The zero-order valence-corrected chi connectivity index (χ0v) is 14.5. The molecule has 132 valence electrons. The first-order valence-electron chi connectivity index (χ1n) is 8.39. The zero-order chi connectivity index (χ0) is 17.6. The second kappa shape index (κ2) is 7.94. The van der Waals surface area contributed by atoms with E-state index in [1.165, 1.54) is 0 Å². The van der Waals surface area contributed by atoms with Crippen LogP contribution in [0.25, 0.3) is 0 Å². The highest BCUT2D eigenvalue weighted by atomic mass is 16.5. The first-order chi connectivity index (χ1) is 12.2. The summed E-state index contributed by atoms with van der Waals surface area (Å²) >= 11 is 0. The molecule has 0 unspecified atom stereocenters. The number of aromatic nitrogens is 2. The van der Waals surface area contributed by atoms with E-state index in [-0.39, 0.29) is 5.97 Å². The highest BCUT2D eigenvalue weighted by Gasteiger charge is 2.16. The van der Waals surface area contributed by atoms with E-state index in [4.69, 9.17) is 9.47 Å². The van der Waals surface area contributed by atoms with Gasteiger partial charge in [-0.05, 0) is 26.0 Å². The van der Waals surface area contributed by atoms with Gasteiger partial charge < -0.3 is 19.7 Å².